The van der Waals surface area contributed by atoms with Gasteiger partial charge < -0.3 is 15.2 Å². The van der Waals surface area contributed by atoms with Crippen molar-refractivity contribution in [3.05, 3.63) is 74.6 Å². The van der Waals surface area contributed by atoms with E-state index in [4.69, 9.17) is 11.6 Å². The Morgan fingerprint density at radius 1 is 1.21 bits per heavy atom. The number of nitrogens with one attached hydrogen (secondary N) is 2. The number of nitro benzene ring substituents is 1. The molecule has 178 valence electrons. The number of halogens is 1. The number of amides is 2. The summed E-state index contributed by atoms with van der Waals surface area (Å²) in [5.74, 6) is -0.00550. The minimum atomic E-state index is -0.512. The smallest absolute Gasteiger partial charge is 0.271 e. The van der Waals surface area contributed by atoms with Gasteiger partial charge in [-0.25, -0.2) is 0 Å². The molecule has 0 unspecified atom stereocenters. The van der Waals surface area contributed by atoms with Gasteiger partial charge in [0.1, 0.15) is 0 Å². The number of aromatic nitrogens is 3. The zero-order valence-electron chi connectivity index (χ0n) is 18.7. The van der Waals surface area contributed by atoms with Gasteiger partial charge in [0.05, 0.1) is 22.4 Å². The molecule has 0 aliphatic rings. The van der Waals surface area contributed by atoms with Crippen LogP contribution in [0, 0.1) is 17.0 Å². The Labute approximate surface area is 205 Å². The van der Waals surface area contributed by atoms with Gasteiger partial charge in [-0.1, -0.05) is 29.4 Å². The average Bonchev–Trinajstić information content (AvgIpc) is 3.22. The molecule has 1 atom stereocenters. The second kappa shape index (κ2) is 11.1. The number of nitro groups is 1. The van der Waals surface area contributed by atoms with E-state index in [1.165, 1.54) is 23.9 Å². The summed E-state index contributed by atoms with van der Waals surface area (Å²) < 4.78 is 1.82. The molecular formula is C22H23ClN6O4S. The summed E-state index contributed by atoms with van der Waals surface area (Å²) in [4.78, 5) is 35.5. The monoisotopic (exact) mass is 502 g/mol. The Hall–Kier alpha value is -3.44. The largest absolute Gasteiger partial charge is 0.342 e. The standard InChI is InChI=1S/C22H23ClN6O4S/c1-4-28-20(14(3)24-21(31)15-6-8-16(23)9-7-15)26-27-22(28)34-12-19(30)25-18-11-17(29(32)33)10-5-13(18)2/h5-11,14H,4,12H2,1-3H3,(H,24,31)(H,25,30)/t14-/m0/s1. The Bertz CT molecular complexity index is 1210. The molecule has 0 aliphatic carbocycles. The van der Waals surface area contributed by atoms with Crippen molar-refractivity contribution in [1.29, 1.82) is 0 Å². The summed E-state index contributed by atoms with van der Waals surface area (Å²) in [6, 6.07) is 10.4. The first-order valence-corrected chi connectivity index (χ1v) is 11.7. The van der Waals surface area contributed by atoms with Crippen LogP contribution in [0.4, 0.5) is 11.4 Å². The fourth-order valence-corrected chi connectivity index (χ4v) is 4.08. The van der Waals surface area contributed by atoms with E-state index in [0.717, 1.165) is 0 Å². The van der Waals surface area contributed by atoms with Crippen LogP contribution in [0.15, 0.2) is 47.6 Å². The average molecular weight is 503 g/mol. The van der Waals surface area contributed by atoms with Crippen molar-refractivity contribution in [2.24, 2.45) is 0 Å². The normalized spacial score (nSPS) is 11.6. The summed E-state index contributed by atoms with van der Waals surface area (Å²) in [6.07, 6.45) is 0. The van der Waals surface area contributed by atoms with E-state index in [1.54, 1.807) is 44.2 Å². The van der Waals surface area contributed by atoms with Crippen LogP contribution in [0.3, 0.4) is 0 Å². The predicted octanol–water partition coefficient (Wildman–Crippen LogP) is 4.39. The molecule has 0 bridgehead atoms. The molecule has 2 amide bonds. The maximum Gasteiger partial charge on any atom is 0.271 e. The second-order valence-corrected chi connectivity index (χ2v) is 8.76. The van der Waals surface area contributed by atoms with Crippen LogP contribution in [0.25, 0.3) is 0 Å². The topological polar surface area (TPSA) is 132 Å². The molecule has 1 heterocycles. The molecule has 2 N–H and O–H groups in total. The maximum atomic E-state index is 12.5. The van der Waals surface area contributed by atoms with E-state index >= 15 is 0 Å². The maximum absolute atomic E-state index is 12.5. The highest BCUT2D eigenvalue weighted by atomic mass is 35.5. The second-order valence-electron chi connectivity index (χ2n) is 7.38. The lowest BCUT2D eigenvalue weighted by Gasteiger charge is -2.15. The highest BCUT2D eigenvalue weighted by Crippen LogP contribution is 2.24. The van der Waals surface area contributed by atoms with E-state index in [2.05, 4.69) is 20.8 Å². The molecule has 0 spiro atoms. The molecule has 0 aliphatic heterocycles. The molecule has 0 fully saturated rings. The highest BCUT2D eigenvalue weighted by Gasteiger charge is 2.20. The van der Waals surface area contributed by atoms with Gasteiger partial charge in [0.15, 0.2) is 11.0 Å². The quantitative estimate of drug-likeness (QED) is 0.252. The molecule has 3 aromatic rings. The van der Waals surface area contributed by atoms with Crippen molar-refractivity contribution < 1.29 is 14.5 Å². The lowest BCUT2D eigenvalue weighted by Crippen LogP contribution is -2.28. The van der Waals surface area contributed by atoms with Crippen molar-refractivity contribution in [1.82, 2.24) is 20.1 Å². The van der Waals surface area contributed by atoms with Crippen LogP contribution in [0.1, 0.15) is 41.6 Å². The van der Waals surface area contributed by atoms with E-state index in [1.807, 2.05) is 11.5 Å². The molecule has 10 nitrogen and oxygen atoms in total. The number of hydrogen-bond acceptors (Lipinski definition) is 7. The summed E-state index contributed by atoms with van der Waals surface area (Å²) in [5.41, 5.74) is 1.48. The zero-order valence-corrected chi connectivity index (χ0v) is 20.3. The number of rotatable bonds is 9. The van der Waals surface area contributed by atoms with Crippen molar-refractivity contribution in [2.75, 3.05) is 11.1 Å². The van der Waals surface area contributed by atoms with Crippen molar-refractivity contribution in [3.8, 4) is 0 Å². The van der Waals surface area contributed by atoms with E-state index in [9.17, 15) is 19.7 Å². The van der Waals surface area contributed by atoms with Crippen LogP contribution < -0.4 is 10.6 Å². The molecule has 34 heavy (non-hydrogen) atoms. The predicted molar refractivity (Wildman–Crippen MR) is 130 cm³/mol. The lowest BCUT2D eigenvalue weighted by molar-refractivity contribution is -0.384. The molecule has 2 aromatic carbocycles. The molecule has 3 rings (SSSR count). The van der Waals surface area contributed by atoms with Crippen LogP contribution in [-0.2, 0) is 11.3 Å². The fraction of sp³-hybridized carbons (Fsp3) is 0.273. The number of nitrogens with zero attached hydrogens (tertiary/aromatic N) is 4. The van der Waals surface area contributed by atoms with Gasteiger partial charge in [0.2, 0.25) is 5.91 Å². The molecule has 0 saturated heterocycles. The number of carbonyl (C=O) groups is 2. The first-order chi connectivity index (χ1) is 16.2. The van der Waals surface area contributed by atoms with Crippen LogP contribution in [0.5, 0.6) is 0 Å². The van der Waals surface area contributed by atoms with Gasteiger partial charge >= 0.3 is 0 Å². The van der Waals surface area contributed by atoms with Gasteiger partial charge in [0.25, 0.3) is 11.6 Å². The Morgan fingerprint density at radius 2 is 1.91 bits per heavy atom. The zero-order chi connectivity index (χ0) is 24.8. The number of thioether (sulfide) groups is 1. The minimum Gasteiger partial charge on any atom is -0.342 e. The first kappa shape index (κ1) is 25.2. The van der Waals surface area contributed by atoms with E-state index in [-0.39, 0.29) is 23.3 Å². The summed E-state index contributed by atoms with van der Waals surface area (Å²) >= 11 is 7.06. The third-order valence-electron chi connectivity index (χ3n) is 4.94. The number of anilines is 1. The Balaban J connectivity index is 1.64. The van der Waals surface area contributed by atoms with Gasteiger partial charge in [0, 0.05) is 29.3 Å². The van der Waals surface area contributed by atoms with Crippen molar-refractivity contribution in [2.45, 2.75) is 38.5 Å². The number of hydrogen-bond donors (Lipinski definition) is 2. The summed E-state index contributed by atoms with van der Waals surface area (Å²) in [5, 5.41) is 26.0. The van der Waals surface area contributed by atoms with Crippen LogP contribution in [0.2, 0.25) is 5.02 Å². The molecule has 0 radical (unpaired) electrons. The SMILES string of the molecule is CCn1c(SCC(=O)Nc2cc([N+](=O)[O-])ccc2C)nnc1[C@H](C)NC(=O)c1ccc(Cl)cc1. The van der Waals surface area contributed by atoms with Gasteiger partial charge in [-0.2, -0.15) is 0 Å². The summed E-state index contributed by atoms with van der Waals surface area (Å²) in [6.45, 7) is 6.01. The lowest BCUT2D eigenvalue weighted by atomic mass is 10.2. The number of benzene rings is 2. The van der Waals surface area contributed by atoms with Gasteiger partial charge in [-0.3, -0.25) is 19.7 Å². The number of carbonyl (C=O) groups excluding carboxylic acids is 2. The van der Waals surface area contributed by atoms with E-state index < -0.39 is 11.0 Å². The molecule has 12 heteroatoms. The minimum absolute atomic E-state index is 0.0335. The molecule has 1 aromatic heterocycles. The molecule has 0 saturated carbocycles. The Kier molecular flexibility index (Phi) is 8.24. The Morgan fingerprint density at radius 3 is 2.56 bits per heavy atom. The van der Waals surface area contributed by atoms with Gasteiger partial charge in [-0.05, 0) is 50.6 Å². The van der Waals surface area contributed by atoms with Crippen molar-refractivity contribution >= 4 is 46.6 Å². The van der Waals surface area contributed by atoms with Crippen LogP contribution in [-0.4, -0.2) is 37.3 Å². The molecular weight excluding hydrogens is 480 g/mol. The third-order valence-corrected chi connectivity index (χ3v) is 6.16. The first-order valence-electron chi connectivity index (χ1n) is 10.4. The number of aryl methyl sites for hydroxylation is 1. The van der Waals surface area contributed by atoms with Gasteiger partial charge in [-0.15, -0.1) is 10.2 Å². The van der Waals surface area contributed by atoms with E-state index in [0.29, 0.717) is 39.4 Å². The third kappa shape index (κ3) is 6.12. The van der Waals surface area contributed by atoms with Crippen LogP contribution >= 0.6 is 23.4 Å². The fourth-order valence-electron chi connectivity index (χ4n) is 3.14. The van der Waals surface area contributed by atoms with Crippen molar-refractivity contribution in [3.63, 3.8) is 0 Å². The number of non-ortho nitro benzene ring substituents is 1. The highest BCUT2D eigenvalue weighted by molar-refractivity contribution is 7.99. The summed E-state index contributed by atoms with van der Waals surface area (Å²) in [7, 11) is 0.